The van der Waals surface area contributed by atoms with Gasteiger partial charge in [0.25, 0.3) is 0 Å². The van der Waals surface area contributed by atoms with Crippen LogP contribution < -0.4 is 5.32 Å². The quantitative estimate of drug-likeness (QED) is 0.757. The van der Waals surface area contributed by atoms with Crippen LogP contribution in [0.15, 0.2) is 48.7 Å². The van der Waals surface area contributed by atoms with Gasteiger partial charge in [0.15, 0.2) is 5.82 Å². The molecule has 0 radical (unpaired) electrons. The van der Waals surface area contributed by atoms with E-state index in [4.69, 9.17) is 0 Å². The number of likely N-dealkylation sites (tertiary alicyclic amines) is 1. The minimum atomic E-state index is -0.746. The van der Waals surface area contributed by atoms with Crippen LogP contribution in [0.3, 0.4) is 0 Å². The van der Waals surface area contributed by atoms with Crippen LogP contribution in [-0.2, 0) is 11.3 Å². The first-order chi connectivity index (χ1) is 13.0. The molecule has 7 heteroatoms. The zero-order chi connectivity index (χ0) is 19.0. The van der Waals surface area contributed by atoms with Gasteiger partial charge >= 0.3 is 0 Å². The van der Waals surface area contributed by atoms with Crippen LogP contribution in [0.4, 0.5) is 18.9 Å². The van der Waals surface area contributed by atoms with E-state index in [1.807, 2.05) is 0 Å². The average molecular weight is 371 g/mol. The Morgan fingerprint density at radius 3 is 2.63 bits per heavy atom. The third kappa shape index (κ3) is 3.45. The lowest BCUT2D eigenvalue weighted by Crippen LogP contribution is -2.33. The molecule has 1 unspecified atom stereocenters. The van der Waals surface area contributed by atoms with E-state index in [9.17, 15) is 18.0 Å². The Bertz CT molecular complexity index is 1010. The molecule has 1 saturated heterocycles. The van der Waals surface area contributed by atoms with Crippen molar-refractivity contribution in [2.45, 2.75) is 19.0 Å². The molecule has 27 heavy (non-hydrogen) atoms. The topological polar surface area (TPSA) is 45.2 Å². The molecular formula is C20H16F3N3O. The number of carbonyl (C=O) groups excluding carboxylic acids is 1. The highest BCUT2D eigenvalue weighted by molar-refractivity contribution is 5.94. The summed E-state index contributed by atoms with van der Waals surface area (Å²) in [6.07, 6.45) is 1.98. The van der Waals surface area contributed by atoms with Crippen LogP contribution in [-0.4, -0.2) is 28.4 Å². The molecule has 1 aliphatic heterocycles. The van der Waals surface area contributed by atoms with Gasteiger partial charge in [-0.3, -0.25) is 9.78 Å². The van der Waals surface area contributed by atoms with Gasteiger partial charge in [0.05, 0.1) is 0 Å². The number of halogens is 3. The molecule has 1 aromatic heterocycles. The highest BCUT2D eigenvalue weighted by Gasteiger charge is 2.31. The van der Waals surface area contributed by atoms with E-state index in [0.717, 1.165) is 11.6 Å². The van der Waals surface area contributed by atoms with Crippen molar-refractivity contribution in [2.75, 3.05) is 11.9 Å². The van der Waals surface area contributed by atoms with Crippen LogP contribution in [0, 0.1) is 17.5 Å². The van der Waals surface area contributed by atoms with Gasteiger partial charge in [-0.25, -0.2) is 13.2 Å². The SMILES string of the molecule is O=C1C(Nc2ccnc3c(F)cc(F)cc23)CCN1Cc1ccc(F)cc1. The highest BCUT2D eigenvalue weighted by Crippen LogP contribution is 2.27. The van der Waals surface area contributed by atoms with Crippen LogP contribution >= 0.6 is 0 Å². The van der Waals surface area contributed by atoms with Gasteiger partial charge in [0.2, 0.25) is 5.91 Å². The predicted octanol–water partition coefficient (Wildman–Crippen LogP) is 3.87. The Morgan fingerprint density at radius 2 is 1.85 bits per heavy atom. The Hall–Kier alpha value is -3.09. The number of hydrogen-bond acceptors (Lipinski definition) is 3. The molecule has 1 aliphatic rings. The van der Waals surface area contributed by atoms with Crippen molar-refractivity contribution in [3.05, 3.63) is 71.7 Å². The number of nitrogens with zero attached hydrogens (tertiary/aromatic N) is 2. The van der Waals surface area contributed by atoms with E-state index < -0.39 is 17.7 Å². The minimum absolute atomic E-state index is 0.0509. The first kappa shape index (κ1) is 17.3. The number of nitrogens with one attached hydrogen (secondary N) is 1. The maximum atomic E-state index is 13.9. The molecule has 1 N–H and O–H groups in total. The summed E-state index contributed by atoms with van der Waals surface area (Å²) in [4.78, 5) is 18.3. The smallest absolute Gasteiger partial charge is 0.245 e. The van der Waals surface area contributed by atoms with E-state index in [2.05, 4.69) is 10.3 Å². The molecule has 138 valence electrons. The lowest BCUT2D eigenvalue weighted by Gasteiger charge is -2.18. The number of rotatable bonds is 4. The molecule has 1 atom stereocenters. The van der Waals surface area contributed by atoms with Crippen LogP contribution in [0.5, 0.6) is 0 Å². The van der Waals surface area contributed by atoms with Gasteiger partial charge in [-0.15, -0.1) is 0 Å². The number of fused-ring (bicyclic) bond motifs is 1. The summed E-state index contributed by atoms with van der Waals surface area (Å²) >= 11 is 0. The number of anilines is 1. The van der Waals surface area contributed by atoms with E-state index >= 15 is 0 Å². The summed E-state index contributed by atoms with van der Waals surface area (Å²) in [5, 5.41) is 3.38. The normalized spacial score (nSPS) is 16.9. The van der Waals surface area contributed by atoms with Crippen LogP contribution in [0.25, 0.3) is 10.9 Å². The fourth-order valence-electron chi connectivity index (χ4n) is 3.33. The second-order valence-corrected chi connectivity index (χ2v) is 6.51. The summed E-state index contributed by atoms with van der Waals surface area (Å²) in [6, 6.07) is 9.08. The van der Waals surface area contributed by atoms with Crippen molar-refractivity contribution in [2.24, 2.45) is 0 Å². The van der Waals surface area contributed by atoms with Crippen molar-refractivity contribution in [3.8, 4) is 0 Å². The van der Waals surface area contributed by atoms with Gasteiger partial charge in [-0.2, -0.15) is 0 Å². The van der Waals surface area contributed by atoms with Crippen molar-refractivity contribution in [1.29, 1.82) is 0 Å². The third-order valence-corrected chi connectivity index (χ3v) is 4.68. The molecule has 0 spiro atoms. The van der Waals surface area contributed by atoms with Gasteiger partial charge in [-0.1, -0.05) is 12.1 Å². The summed E-state index contributed by atoms with van der Waals surface area (Å²) in [5.41, 5.74) is 1.35. The van der Waals surface area contributed by atoms with Crippen molar-refractivity contribution in [1.82, 2.24) is 9.88 Å². The Balaban J connectivity index is 1.53. The lowest BCUT2D eigenvalue weighted by molar-refractivity contribution is -0.128. The van der Waals surface area contributed by atoms with Crippen molar-refractivity contribution >= 4 is 22.5 Å². The molecule has 1 amide bonds. The summed E-state index contributed by atoms with van der Waals surface area (Å²) < 4.78 is 40.5. The van der Waals surface area contributed by atoms with E-state index in [1.54, 1.807) is 23.1 Å². The molecule has 1 fully saturated rings. The van der Waals surface area contributed by atoms with E-state index in [0.29, 0.717) is 30.6 Å². The average Bonchev–Trinajstić information content (AvgIpc) is 2.98. The molecule has 2 aromatic carbocycles. The Morgan fingerprint density at radius 1 is 1.07 bits per heavy atom. The molecule has 4 nitrogen and oxygen atoms in total. The van der Waals surface area contributed by atoms with Crippen LogP contribution in [0.1, 0.15) is 12.0 Å². The van der Waals surface area contributed by atoms with Gasteiger partial charge in [0, 0.05) is 36.4 Å². The Kier molecular flexibility index (Phi) is 4.43. The highest BCUT2D eigenvalue weighted by atomic mass is 19.1. The summed E-state index contributed by atoms with van der Waals surface area (Å²) in [5.74, 6) is -1.88. The summed E-state index contributed by atoms with van der Waals surface area (Å²) in [6.45, 7) is 0.928. The van der Waals surface area contributed by atoms with Gasteiger partial charge in [-0.05, 0) is 36.2 Å². The molecule has 4 rings (SSSR count). The number of hydrogen-bond donors (Lipinski definition) is 1. The molecule has 2 heterocycles. The van der Waals surface area contributed by atoms with Crippen molar-refractivity contribution < 1.29 is 18.0 Å². The molecule has 0 bridgehead atoms. The largest absolute Gasteiger partial charge is 0.373 e. The van der Waals surface area contributed by atoms with Gasteiger partial charge < -0.3 is 10.2 Å². The minimum Gasteiger partial charge on any atom is -0.373 e. The Labute approximate surface area is 153 Å². The number of benzene rings is 2. The lowest BCUT2D eigenvalue weighted by atomic mass is 10.1. The van der Waals surface area contributed by atoms with Crippen molar-refractivity contribution in [3.63, 3.8) is 0 Å². The second-order valence-electron chi connectivity index (χ2n) is 6.51. The predicted molar refractivity (Wildman–Crippen MR) is 95.5 cm³/mol. The zero-order valence-electron chi connectivity index (χ0n) is 14.3. The second kappa shape index (κ2) is 6.90. The molecule has 0 saturated carbocycles. The van der Waals surface area contributed by atoms with E-state index in [-0.39, 0.29) is 17.2 Å². The molecule has 3 aromatic rings. The number of aromatic nitrogens is 1. The first-order valence-corrected chi connectivity index (χ1v) is 8.55. The van der Waals surface area contributed by atoms with E-state index in [1.165, 1.54) is 24.4 Å². The monoisotopic (exact) mass is 371 g/mol. The van der Waals surface area contributed by atoms with Gasteiger partial charge in [0.1, 0.15) is 23.2 Å². The number of carbonyl (C=O) groups is 1. The molecular weight excluding hydrogens is 355 g/mol. The third-order valence-electron chi connectivity index (χ3n) is 4.68. The standard InChI is InChI=1S/C20H16F3N3O/c21-13-3-1-12(2-4-13)11-26-8-6-18(20(26)27)25-17-5-7-24-19-15(17)9-14(22)10-16(19)23/h1-5,7,9-10,18H,6,8,11H2,(H,24,25). The fourth-order valence-corrected chi connectivity index (χ4v) is 3.33. The fraction of sp³-hybridized carbons (Fsp3) is 0.200. The molecule has 0 aliphatic carbocycles. The summed E-state index contributed by atoms with van der Waals surface area (Å²) in [7, 11) is 0. The maximum Gasteiger partial charge on any atom is 0.245 e. The maximum absolute atomic E-state index is 13.9. The first-order valence-electron chi connectivity index (χ1n) is 8.55. The zero-order valence-corrected chi connectivity index (χ0v) is 14.3. The van der Waals surface area contributed by atoms with Crippen LogP contribution in [0.2, 0.25) is 0 Å². The number of pyridine rings is 1. The number of amides is 1.